The summed E-state index contributed by atoms with van der Waals surface area (Å²) in [5.41, 5.74) is 3.32. The SMILES string of the molecule is O=C(O)C1CCCN(CC/C=C\C(c2ccccc2)(c2ccccc2)c2ccccc2)C1. The minimum atomic E-state index is -0.665. The quantitative estimate of drug-likeness (QED) is 0.368. The summed E-state index contributed by atoms with van der Waals surface area (Å²) >= 11 is 0. The van der Waals surface area contributed by atoms with E-state index in [2.05, 4.69) is 108 Å². The molecule has 4 rings (SSSR count). The van der Waals surface area contributed by atoms with Crippen LogP contribution in [0.2, 0.25) is 0 Å². The molecule has 164 valence electrons. The number of hydrogen-bond donors (Lipinski definition) is 1. The molecule has 0 aliphatic carbocycles. The molecule has 3 aromatic rings. The van der Waals surface area contributed by atoms with Crippen LogP contribution in [0.15, 0.2) is 103 Å². The first-order valence-electron chi connectivity index (χ1n) is 11.5. The molecule has 0 aromatic heterocycles. The van der Waals surface area contributed by atoms with Crippen molar-refractivity contribution in [2.75, 3.05) is 19.6 Å². The average Bonchev–Trinajstić information content (AvgIpc) is 2.86. The number of carboxylic acids is 1. The zero-order chi connectivity index (χ0) is 22.2. The van der Waals surface area contributed by atoms with E-state index in [1.165, 1.54) is 16.7 Å². The Balaban J connectivity index is 1.65. The molecule has 32 heavy (non-hydrogen) atoms. The van der Waals surface area contributed by atoms with Crippen LogP contribution in [0.1, 0.15) is 36.0 Å². The van der Waals surface area contributed by atoms with Crippen molar-refractivity contribution in [1.29, 1.82) is 0 Å². The van der Waals surface area contributed by atoms with E-state index in [1.807, 2.05) is 0 Å². The summed E-state index contributed by atoms with van der Waals surface area (Å²) in [6.45, 7) is 2.53. The molecule has 1 N–H and O–H groups in total. The largest absolute Gasteiger partial charge is 0.481 e. The maximum Gasteiger partial charge on any atom is 0.307 e. The van der Waals surface area contributed by atoms with Crippen molar-refractivity contribution in [1.82, 2.24) is 4.90 Å². The summed E-state index contributed by atoms with van der Waals surface area (Å²) in [5, 5.41) is 9.37. The van der Waals surface area contributed by atoms with Gasteiger partial charge in [0.1, 0.15) is 0 Å². The van der Waals surface area contributed by atoms with E-state index in [1.54, 1.807) is 0 Å². The van der Waals surface area contributed by atoms with Crippen molar-refractivity contribution in [3.8, 4) is 0 Å². The van der Waals surface area contributed by atoms with E-state index in [9.17, 15) is 9.90 Å². The number of benzene rings is 3. The topological polar surface area (TPSA) is 40.5 Å². The van der Waals surface area contributed by atoms with Gasteiger partial charge in [-0.25, -0.2) is 0 Å². The first-order chi connectivity index (χ1) is 15.7. The molecule has 0 saturated carbocycles. The molecule has 3 heteroatoms. The molecule has 3 aromatic carbocycles. The van der Waals surface area contributed by atoms with Gasteiger partial charge in [-0.3, -0.25) is 4.79 Å². The highest BCUT2D eigenvalue weighted by Gasteiger charge is 2.33. The molecule has 0 spiro atoms. The number of likely N-dealkylation sites (tertiary alicyclic amines) is 1. The molecule has 3 nitrogen and oxygen atoms in total. The highest BCUT2D eigenvalue weighted by atomic mass is 16.4. The normalized spacial score (nSPS) is 17.4. The van der Waals surface area contributed by atoms with E-state index in [0.29, 0.717) is 6.54 Å². The molecule has 1 saturated heterocycles. The number of carbonyl (C=O) groups is 1. The Morgan fingerprint density at radius 1 is 0.875 bits per heavy atom. The summed E-state index contributed by atoms with van der Waals surface area (Å²) in [6.07, 6.45) is 7.26. The van der Waals surface area contributed by atoms with Gasteiger partial charge in [0.25, 0.3) is 0 Å². The number of allylic oxidation sites excluding steroid dienone is 1. The molecule has 1 heterocycles. The van der Waals surface area contributed by atoms with Crippen molar-refractivity contribution in [2.24, 2.45) is 5.92 Å². The summed E-state index contributed by atoms with van der Waals surface area (Å²) in [6, 6.07) is 32.0. The van der Waals surface area contributed by atoms with Crippen LogP contribution in [-0.2, 0) is 10.2 Å². The Hall–Kier alpha value is -3.17. The Bertz CT molecular complexity index is 918. The van der Waals surface area contributed by atoms with Crippen molar-refractivity contribution >= 4 is 5.97 Å². The van der Waals surface area contributed by atoms with Crippen LogP contribution >= 0.6 is 0 Å². The number of piperidine rings is 1. The summed E-state index contributed by atoms with van der Waals surface area (Å²) in [7, 11) is 0. The lowest BCUT2D eigenvalue weighted by Gasteiger charge is -2.33. The molecular weight excluding hydrogens is 394 g/mol. The van der Waals surface area contributed by atoms with Crippen LogP contribution in [0.4, 0.5) is 0 Å². The molecule has 0 radical (unpaired) electrons. The Kier molecular flexibility index (Phi) is 7.18. The van der Waals surface area contributed by atoms with Crippen molar-refractivity contribution in [3.63, 3.8) is 0 Å². The second-order valence-corrected chi connectivity index (χ2v) is 8.58. The number of aliphatic carboxylic acids is 1. The molecular formula is C29H31NO2. The fourth-order valence-corrected chi connectivity index (χ4v) is 4.87. The minimum Gasteiger partial charge on any atom is -0.481 e. The third-order valence-corrected chi connectivity index (χ3v) is 6.52. The van der Waals surface area contributed by atoms with Gasteiger partial charge in [-0.05, 0) is 42.5 Å². The zero-order valence-electron chi connectivity index (χ0n) is 18.4. The van der Waals surface area contributed by atoms with Gasteiger partial charge in [0.05, 0.1) is 11.3 Å². The second-order valence-electron chi connectivity index (χ2n) is 8.58. The third kappa shape index (κ3) is 4.84. The second kappa shape index (κ2) is 10.4. The van der Waals surface area contributed by atoms with Crippen molar-refractivity contribution < 1.29 is 9.90 Å². The van der Waals surface area contributed by atoms with Gasteiger partial charge in [0.2, 0.25) is 0 Å². The van der Waals surface area contributed by atoms with Gasteiger partial charge in [-0.1, -0.05) is 103 Å². The Morgan fingerprint density at radius 2 is 1.38 bits per heavy atom. The summed E-state index contributed by atoms with van der Waals surface area (Å²) in [4.78, 5) is 13.7. The van der Waals surface area contributed by atoms with Gasteiger partial charge in [0, 0.05) is 13.1 Å². The first kappa shape index (κ1) is 22.0. The average molecular weight is 426 g/mol. The van der Waals surface area contributed by atoms with Gasteiger partial charge < -0.3 is 10.0 Å². The van der Waals surface area contributed by atoms with Crippen LogP contribution in [0, 0.1) is 5.92 Å². The van der Waals surface area contributed by atoms with Crippen LogP contribution < -0.4 is 0 Å². The summed E-state index contributed by atoms with van der Waals surface area (Å²) in [5.74, 6) is -0.897. The van der Waals surface area contributed by atoms with Gasteiger partial charge in [-0.15, -0.1) is 0 Å². The fraction of sp³-hybridized carbons (Fsp3) is 0.276. The van der Waals surface area contributed by atoms with Gasteiger partial charge in [0.15, 0.2) is 0 Å². The monoisotopic (exact) mass is 425 g/mol. The fourth-order valence-electron chi connectivity index (χ4n) is 4.87. The highest BCUT2D eigenvalue weighted by molar-refractivity contribution is 5.70. The van der Waals surface area contributed by atoms with E-state index in [4.69, 9.17) is 0 Å². The number of carboxylic acid groups (broad SMARTS) is 1. The van der Waals surface area contributed by atoms with Gasteiger partial charge >= 0.3 is 5.97 Å². The molecule has 0 bridgehead atoms. The zero-order valence-corrected chi connectivity index (χ0v) is 18.4. The molecule has 1 unspecified atom stereocenters. The third-order valence-electron chi connectivity index (χ3n) is 6.52. The Morgan fingerprint density at radius 3 is 1.84 bits per heavy atom. The van der Waals surface area contributed by atoms with Crippen LogP contribution in [0.3, 0.4) is 0 Å². The Labute approximate surface area is 191 Å². The van der Waals surface area contributed by atoms with Crippen molar-refractivity contribution in [3.05, 3.63) is 120 Å². The molecule has 1 atom stereocenters. The maximum absolute atomic E-state index is 11.4. The smallest absolute Gasteiger partial charge is 0.307 e. The molecule has 1 fully saturated rings. The van der Waals surface area contributed by atoms with Crippen LogP contribution in [-0.4, -0.2) is 35.6 Å². The van der Waals surface area contributed by atoms with E-state index < -0.39 is 5.97 Å². The molecule has 1 aliphatic heterocycles. The van der Waals surface area contributed by atoms with Crippen LogP contribution in [0.25, 0.3) is 0 Å². The minimum absolute atomic E-state index is 0.232. The molecule has 0 amide bonds. The number of rotatable bonds is 8. The van der Waals surface area contributed by atoms with Crippen molar-refractivity contribution in [2.45, 2.75) is 24.7 Å². The van der Waals surface area contributed by atoms with Crippen LogP contribution in [0.5, 0.6) is 0 Å². The van der Waals surface area contributed by atoms with E-state index >= 15 is 0 Å². The predicted octanol–water partition coefficient (Wildman–Crippen LogP) is 5.76. The summed E-state index contributed by atoms with van der Waals surface area (Å²) < 4.78 is 0. The standard InChI is InChI=1S/C29H31NO2/c31-28(32)24-13-12-22-30(23-24)21-11-10-20-29(25-14-4-1-5-15-25,26-16-6-2-7-17-26)27-18-8-3-9-19-27/h1-10,14-20,24H,11-13,21-23H2,(H,31,32)/b20-10-. The number of nitrogens with zero attached hydrogens (tertiary/aromatic N) is 1. The lowest BCUT2D eigenvalue weighted by molar-refractivity contribution is -0.143. The van der Waals surface area contributed by atoms with Gasteiger partial charge in [-0.2, -0.15) is 0 Å². The lowest BCUT2D eigenvalue weighted by atomic mass is 9.69. The maximum atomic E-state index is 11.4. The number of hydrogen-bond acceptors (Lipinski definition) is 2. The first-order valence-corrected chi connectivity index (χ1v) is 11.5. The highest BCUT2D eigenvalue weighted by Crippen LogP contribution is 2.40. The van der Waals surface area contributed by atoms with E-state index in [0.717, 1.165) is 32.4 Å². The van der Waals surface area contributed by atoms with E-state index in [-0.39, 0.29) is 11.3 Å². The lowest BCUT2D eigenvalue weighted by Crippen LogP contribution is -2.39. The molecule has 1 aliphatic rings. The predicted molar refractivity (Wildman–Crippen MR) is 130 cm³/mol.